The van der Waals surface area contributed by atoms with Crippen molar-refractivity contribution in [1.29, 1.82) is 0 Å². The van der Waals surface area contributed by atoms with Gasteiger partial charge in [-0.15, -0.1) is 0 Å². The van der Waals surface area contributed by atoms with Crippen LogP contribution in [0.5, 0.6) is 5.75 Å². The number of fused-ring (bicyclic) bond motifs is 8. The molecule has 0 N–H and O–H groups in total. The lowest BCUT2D eigenvalue weighted by molar-refractivity contribution is -0.139. The molecule has 0 bridgehead atoms. The minimum atomic E-state index is -0.409. The molecule has 3 aliphatic rings. The number of anilines is 7. The van der Waals surface area contributed by atoms with Crippen LogP contribution in [0.2, 0.25) is 0 Å². The number of carbonyl (C=O) groups is 3. The monoisotopic (exact) mass is 1650 g/mol. The molecule has 1 heterocycles. The van der Waals surface area contributed by atoms with Crippen LogP contribution in [0.25, 0.3) is 133 Å². The predicted octanol–water partition coefficient (Wildman–Crippen LogP) is 30.5. The lowest BCUT2D eigenvalue weighted by Crippen LogP contribution is -2.29. The van der Waals surface area contributed by atoms with Gasteiger partial charge in [-0.05, 0) is 283 Å². The third-order valence-electron chi connectivity index (χ3n) is 25.5. The molecule has 8 nitrogen and oxygen atoms in total. The average Bonchev–Trinajstić information content (AvgIpc) is 1.57. The zero-order chi connectivity index (χ0) is 87.2. The normalized spacial score (nSPS) is 13.0. The molecule has 18 aromatic rings. The summed E-state index contributed by atoms with van der Waals surface area (Å²) >= 11 is 0. The van der Waals surface area contributed by atoms with Gasteiger partial charge < -0.3 is 19.3 Å². The number of hydrogen-bond acceptors (Lipinski definition) is 7. The van der Waals surface area contributed by atoms with E-state index < -0.39 is 5.97 Å². The van der Waals surface area contributed by atoms with E-state index >= 15 is 0 Å². The van der Waals surface area contributed by atoms with E-state index in [0.717, 1.165) is 84.4 Å². The fourth-order valence-electron chi connectivity index (χ4n) is 18.5. The van der Waals surface area contributed by atoms with E-state index in [1.807, 2.05) is 48.5 Å². The highest BCUT2D eigenvalue weighted by Gasteiger charge is 2.39. The van der Waals surface area contributed by atoms with Crippen LogP contribution in [-0.4, -0.2) is 31.0 Å². The van der Waals surface area contributed by atoms with E-state index in [-0.39, 0.29) is 35.9 Å². The third-order valence-corrected chi connectivity index (χ3v) is 25.5. The number of amides is 2. The third kappa shape index (κ3) is 15.7. The number of carbonyl (C=O) groups excluding carboxylic acids is 3. The highest BCUT2D eigenvalue weighted by atomic mass is 16.6. The van der Waals surface area contributed by atoms with Crippen molar-refractivity contribution in [2.24, 2.45) is 0 Å². The summed E-state index contributed by atoms with van der Waals surface area (Å²) in [5.41, 5.74) is 36.1. The Morgan fingerprint density at radius 2 is 0.547 bits per heavy atom. The Balaban J connectivity index is 0.000000161. The number of hydrogen-bond donors (Lipinski definition) is 0. The van der Waals surface area contributed by atoms with Gasteiger partial charge in [0.25, 0.3) is 11.8 Å². The van der Waals surface area contributed by atoms with Crippen LogP contribution in [-0.2, 0) is 30.0 Å². The summed E-state index contributed by atoms with van der Waals surface area (Å²) < 4.78 is 10.9. The van der Waals surface area contributed by atoms with Crippen molar-refractivity contribution >= 4 is 79.1 Å². The van der Waals surface area contributed by atoms with Gasteiger partial charge in [0.1, 0.15) is 19.0 Å². The van der Waals surface area contributed by atoms with E-state index in [1.54, 1.807) is 6.92 Å². The van der Waals surface area contributed by atoms with Gasteiger partial charge in [-0.25, -0.2) is 9.69 Å². The van der Waals surface area contributed by atoms with Gasteiger partial charge >= 0.3 is 5.97 Å². The minimum absolute atomic E-state index is 0.173. The second kappa shape index (κ2) is 33.9. The maximum absolute atomic E-state index is 12.2. The molecule has 0 atom stereocenters. The van der Waals surface area contributed by atoms with Crippen LogP contribution >= 0.6 is 0 Å². The molecule has 2 amide bonds. The Kier molecular flexibility index (Phi) is 21.3. The first kappa shape index (κ1) is 80.4. The van der Waals surface area contributed by atoms with Gasteiger partial charge in [0.2, 0.25) is 0 Å². The number of rotatable bonds is 20. The number of ether oxygens (including phenoxy) is 2. The van der Waals surface area contributed by atoms with Crippen molar-refractivity contribution < 1.29 is 23.9 Å². The highest BCUT2D eigenvalue weighted by molar-refractivity contribution is 6.28. The molecule has 0 saturated carbocycles. The zero-order valence-electron chi connectivity index (χ0n) is 71.9. The lowest BCUT2D eigenvalue weighted by atomic mass is 9.81. The number of esters is 1. The van der Waals surface area contributed by atoms with E-state index in [1.165, 1.54) is 128 Å². The van der Waals surface area contributed by atoms with Crippen LogP contribution in [0, 0.1) is 0 Å². The predicted molar refractivity (Wildman–Crippen MR) is 529 cm³/mol. The minimum Gasteiger partial charge on any atom is -0.490 e. The Labute approximate surface area is 747 Å². The van der Waals surface area contributed by atoms with E-state index in [4.69, 9.17) is 9.47 Å². The first-order valence-electron chi connectivity index (χ1n) is 43.6. The number of nitrogens with zero attached hydrogens (tertiary/aromatic N) is 3. The van der Waals surface area contributed by atoms with Crippen molar-refractivity contribution in [3.8, 4) is 117 Å². The average molecular weight is 1660 g/mol. The molecule has 1 aliphatic heterocycles. The largest absolute Gasteiger partial charge is 0.490 e. The molecule has 0 saturated heterocycles. The molecule has 8 heteroatoms. The summed E-state index contributed by atoms with van der Waals surface area (Å²) in [6.45, 7) is 15.1. The first-order chi connectivity index (χ1) is 62.5. The van der Waals surface area contributed by atoms with Crippen LogP contribution in [0.4, 0.5) is 39.8 Å². The van der Waals surface area contributed by atoms with Crippen molar-refractivity contribution in [2.75, 3.05) is 27.9 Å². The van der Waals surface area contributed by atoms with Crippen LogP contribution in [0.1, 0.15) is 56.9 Å². The second-order valence-corrected chi connectivity index (χ2v) is 34.3. The SMILES string of the molecule is C=C(C)C(=O)OCCOc1ccc(-c2ccc(-c3ccc(N(c4ccc(-c5ccccc5)cc4)c4ccc5c(c4)C(C)(C)c4cc(-c6ccc7ccccc7c6)ccc4-5)cc3)cc2)cc1.CC1(C)c2cc(-c3ccc4ccccc4c3)ccc2-c2ccc(N(c3ccc(-c4ccccc4)cc3)c3ccc(-c4ccc(-c5ccc(N6C(=O)C=CC6=O)cc5)cc4)cc3)cc21. The van der Waals surface area contributed by atoms with Crippen molar-refractivity contribution in [3.63, 3.8) is 0 Å². The van der Waals surface area contributed by atoms with Gasteiger partial charge in [0, 0.05) is 62.7 Å². The number of imide groups is 1. The molecule has 0 radical (unpaired) electrons. The number of benzene rings is 18. The quantitative estimate of drug-likeness (QED) is 0.0325. The summed E-state index contributed by atoms with van der Waals surface area (Å²) in [5.74, 6) is -0.324. The maximum atomic E-state index is 12.2. The summed E-state index contributed by atoms with van der Waals surface area (Å²) in [6.07, 6.45) is 2.61. The Hall–Kier alpha value is -16.0. The van der Waals surface area contributed by atoms with Crippen molar-refractivity contribution in [3.05, 3.63) is 459 Å². The van der Waals surface area contributed by atoms with Gasteiger partial charge in [0.15, 0.2) is 0 Å². The molecule has 18 aromatic carbocycles. The van der Waals surface area contributed by atoms with Gasteiger partial charge in [-0.3, -0.25) is 9.59 Å². The fourth-order valence-corrected chi connectivity index (χ4v) is 18.5. The standard InChI is InChI=1S/C61H49NO3.C59H42N2O2/c1-41(2)60(63)65-37-36-64-55-32-24-48(25-33-55)45-16-14-44(15-17-45)47-22-29-53(30-23-47)62(52-27-20-46(21-28-52)42-10-6-5-7-11-42)54-31-35-57-56-34-26-51(39-58(56)61(3,4)59(57)40-54)50-19-18-43-12-8-9-13-49(43)38-50;1-59(2)55-37-48(47-17-16-40-10-6-7-11-46(40)36-47)24-32-53(55)54-33-31-52(38-56(54)59)60(49-25-18-43(19-26-49)39-8-4-3-5-9-39)50-27-20-44(21-28-50)41-12-14-42(15-13-41)45-22-29-51(30-23-45)61-57(62)34-35-58(61)63/h5-35,38-40H,1,36-37H2,2-4H3;3-38H,1-2H3. The van der Waals surface area contributed by atoms with E-state index in [2.05, 4.69) is 408 Å². The summed E-state index contributed by atoms with van der Waals surface area (Å²) in [7, 11) is 0. The molecule has 0 aromatic heterocycles. The van der Waals surface area contributed by atoms with Gasteiger partial charge in [-0.2, -0.15) is 0 Å². The van der Waals surface area contributed by atoms with Crippen molar-refractivity contribution in [1.82, 2.24) is 0 Å². The smallest absolute Gasteiger partial charge is 0.333 e. The maximum Gasteiger partial charge on any atom is 0.333 e. The molecule has 0 unspecified atom stereocenters. The van der Waals surface area contributed by atoms with E-state index in [9.17, 15) is 14.4 Å². The van der Waals surface area contributed by atoms with Crippen LogP contribution in [0.15, 0.2) is 437 Å². The molecule has 0 fully saturated rings. The lowest BCUT2D eigenvalue weighted by Gasteiger charge is -2.28. The topological polar surface area (TPSA) is 79.4 Å². The Morgan fingerprint density at radius 1 is 0.281 bits per heavy atom. The molecule has 2 aliphatic carbocycles. The molecular weight excluding hydrogens is 1560 g/mol. The van der Waals surface area contributed by atoms with Gasteiger partial charge in [-0.1, -0.05) is 325 Å². The molecule has 616 valence electrons. The zero-order valence-corrected chi connectivity index (χ0v) is 71.9. The summed E-state index contributed by atoms with van der Waals surface area (Å²) in [4.78, 5) is 41.9. The molecule has 21 rings (SSSR count). The summed E-state index contributed by atoms with van der Waals surface area (Å²) in [6, 6.07) is 148. The second-order valence-electron chi connectivity index (χ2n) is 34.3. The Bertz CT molecular complexity index is 7310. The summed E-state index contributed by atoms with van der Waals surface area (Å²) in [5, 5.41) is 5.01. The van der Waals surface area contributed by atoms with Crippen molar-refractivity contribution in [2.45, 2.75) is 45.4 Å². The fraction of sp³-hybridized carbons (Fsp3) is 0.0750. The van der Waals surface area contributed by atoms with Gasteiger partial charge in [0.05, 0.1) is 5.69 Å². The molecule has 0 spiro atoms. The Morgan fingerprint density at radius 3 is 0.898 bits per heavy atom. The highest BCUT2D eigenvalue weighted by Crippen LogP contribution is 2.55. The molecule has 128 heavy (non-hydrogen) atoms. The van der Waals surface area contributed by atoms with E-state index in [0.29, 0.717) is 11.3 Å². The van der Waals surface area contributed by atoms with Crippen LogP contribution in [0.3, 0.4) is 0 Å². The first-order valence-corrected chi connectivity index (χ1v) is 43.6. The molecular formula is C120H91N3O5. The van der Waals surface area contributed by atoms with Crippen LogP contribution < -0.4 is 19.4 Å².